The molecule has 0 amide bonds. The third-order valence-electron chi connectivity index (χ3n) is 4.46. The first-order chi connectivity index (χ1) is 10.0. The van der Waals surface area contributed by atoms with Crippen molar-refractivity contribution in [2.45, 2.75) is 0 Å². The fraction of sp³-hybridized carbons (Fsp3) is 0.500. The van der Waals surface area contributed by atoms with Crippen LogP contribution in [0, 0.1) is 0 Å². The summed E-state index contributed by atoms with van der Waals surface area (Å²) >= 11 is 0. The minimum atomic E-state index is -0.445. The summed E-state index contributed by atoms with van der Waals surface area (Å²) in [6.07, 6.45) is 0. The van der Waals surface area contributed by atoms with E-state index in [1.807, 2.05) is 0 Å². The molecule has 1 aromatic rings. The third kappa shape index (κ3) is 2.55. The first-order valence-corrected chi connectivity index (χ1v) is 7.08. The van der Waals surface area contributed by atoms with Crippen molar-refractivity contribution in [3.8, 4) is 11.5 Å². The van der Waals surface area contributed by atoms with Gasteiger partial charge in [-0.3, -0.25) is 9.28 Å². The van der Waals surface area contributed by atoms with Crippen LogP contribution < -0.4 is 5.11 Å². The van der Waals surface area contributed by atoms with Crippen molar-refractivity contribution in [3.05, 3.63) is 23.8 Å². The van der Waals surface area contributed by atoms with E-state index in [2.05, 4.69) is 14.7 Å². The van der Waals surface area contributed by atoms with E-state index in [-0.39, 0.29) is 23.9 Å². The van der Waals surface area contributed by atoms with Gasteiger partial charge in [0.2, 0.25) is 5.78 Å². The van der Waals surface area contributed by atoms with Crippen LogP contribution in [-0.4, -0.2) is 76.6 Å². The summed E-state index contributed by atoms with van der Waals surface area (Å²) < 4.78 is 0.721. The van der Waals surface area contributed by atoms with Gasteiger partial charge >= 0.3 is 0 Å². The average molecular weight is 327 g/mol. The molecule has 0 radical (unpaired) electrons. The van der Waals surface area contributed by atoms with Gasteiger partial charge < -0.3 is 10.2 Å². The zero-order chi connectivity index (χ0) is 14.6. The Balaban J connectivity index is 0.00000144. The molecule has 4 saturated heterocycles. The van der Waals surface area contributed by atoms with Crippen molar-refractivity contribution in [1.82, 2.24) is 14.7 Å². The summed E-state index contributed by atoms with van der Waals surface area (Å²) in [5.74, 6) is -0.815. The number of hydrogen-bond donors (Lipinski definition) is 1. The molecular weight excluding hydrogens is 308 g/mol. The minimum absolute atomic E-state index is 0. The van der Waals surface area contributed by atoms with Crippen molar-refractivity contribution in [2.75, 3.05) is 46.6 Å². The number of nitrogens with zero attached hydrogens (tertiary/aromatic N) is 4. The molecule has 22 heavy (non-hydrogen) atoms. The van der Waals surface area contributed by atoms with Crippen molar-refractivity contribution < 1.29 is 19.5 Å². The largest absolute Gasteiger partial charge is 0.870 e. The maximum atomic E-state index is 12.5. The van der Waals surface area contributed by atoms with Crippen LogP contribution in [0.5, 0.6) is 11.5 Å². The summed E-state index contributed by atoms with van der Waals surface area (Å²) in [5, 5.41) is 20.7. The van der Waals surface area contributed by atoms with Crippen LogP contribution >= 0.6 is 12.4 Å². The minimum Gasteiger partial charge on any atom is -0.870 e. The Labute approximate surface area is 134 Å². The average Bonchev–Trinajstić information content (AvgIpc) is 2.39. The topological polar surface area (TPSA) is 70.1 Å². The quantitative estimate of drug-likeness (QED) is 0.601. The second-order valence-corrected chi connectivity index (χ2v) is 6.47. The molecule has 0 atom stereocenters. The second-order valence-electron chi connectivity index (χ2n) is 6.47. The number of carbonyl (C=O) groups excluding carboxylic acids is 1. The van der Waals surface area contributed by atoms with Crippen molar-refractivity contribution in [3.63, 3.8) is 0 Å². The summed E-state index contributed by atoms with van der Waals surface area (Å²) in [5.41, 5.74) is 0.418. The normalized spacial score (nSPS) is 35.2. The van der Waals surface area contributed by atoms with E-state index in [4.69, 9.17) is 0 Å². The highest BCUT2D eigenvalue weighted by atomic mass is 35.5. The van der Waals surface area contributed by atoms with Gasteiger partial charge in [-0.25, -0.2) is 14.7 Å². The lowest BCUT2D eigenvalue weighted by molar-refractivity contribution is -0.973. The Hall–Kier alpha value is -1.38. The van der Waals surface area contributed by atoms with Gasteiger partial charge in [-0.15, -0.1) is 12.4 Å². The standard InChI is InChI=1S/C14H18N4O3.ClH/c19-12-2-1-11(3-13(12)20)14(21)4-18-8-15-5-16(9-18)7-17(6-15)10-18;/h1-3H,4-10H2,(H-,19,20,21);1H. The molecule has 4 aliphatic rings. The van der Waals surface area contributed by atoms with E-state index in [1.54, 1.807) is 0 Å². The van der Waals surface area contributed by atoms with Gasteiger partial charge in [0.05, 0.1) is 20.0 Å². The number of phenols is 1. The number of benzene rings is 1. The van der Waals surface area contributed by atoms with E-state index < -0.39 is 5.75 Å². The number of phenolic OH excluding ortho intramolecular Hbond substituents is 1. The Morgan fingerprint density at radius 2 is 1.68 bits per heavy atom. The number of rotatable bonds is 3. The molecule has 0 aliphatic carbocycles. The smallest absolute Gasteiger partial charge is 0.217 e. The molecule has 120 valence electrons. The number of Topliss-reactive ketones (excluding diaryl/α,β-unsaturated/α-hetero) is 1. The van der Waals surface area contributed by atoms with Gasteiger partial charge in [0.15, 0.2) is 0 Å². The van der Waals surface area contributed by atoms with Gasteiger partial charge in [0.25, 0.3) is 0 Å². The molecule has 4 fully saturated rings. The van der Waals surface area contributed by atoms with Crippen LogP contribution in [-0.2, 0) is 0 Å². The molecule has 1 aromatic carbocycles. The summed E-state index contributed by atoms with van der Waals surface area (Å²) in [6, 6.07) is 4.05. The molecule has 0 aromatic heterocycles. The molecule has 0 unspecified atom stereocenters. The lowest BCUT2D eigenvalue weighted by Gasteiger charge is -2.60. The first-order valence-electron chi connectivity index (χ1n) is 7.08. The second kappa shape index (κ2) is 5.36. The molecule has 5 rings (SSSR count). The number of carbonyl (C=O) groups is 1. The molecule has 4 aliphatic heterocycles. The fourth-order valence-corrected chi connectivity index (χ4v) is 3.89. The molecular formula is C14H19ClN4O3. The zero-order valence-electron chi connectivity index (χ0n) is 12.1. The van der Waals surface area contributed by atoms with Crippen molar-refractivity contribution in [1.29, 1.82) is 0 Å². The van der Waals surface area contributed by atoms with E-state index >= 15 is 0 Å². The van der Waals surface area contributed by atoms with Gasteiger partial charge in [-0.2, -0.15) is 0 Å². The fourth-order valence-electron chi connectivity index (χ4n) is 3.89. The van der Waals surface area contributed by atoms with Gasteiger partial charge in [-0.1, -0.05) is 17.9 Å². The maximum absolute atomic E-state index is 12.5. The monoisotopic (exact) mass is 326 g/mol. The maximum Gasteiger partial charge on any atom is 0.217 e. The lowest BCUT2D eigenvalue weighted by Crippen LogP contribution is -2.79. The van der Waals surface area contributed by atoms with Crippen LogP contribution in [0.4, 0.5) is 0 Å². The highest BCUT2D eigenvalue weighted by molar-refractivity contribution is 5.97. The van der Waals surface area contributed by atoms with Crippen molar-refractivity contribution >= 4 is 18.2 Å². The van der Waals surface area contributed by atoms with Crippen LogP contribution in [0.2, 0.25) is 0 Å². The predicted molar refractivity (Wildman–Crippen MR) is 79.0 cm³/mol. The Morgan fingerprint density at radius 3 is 2.18 bits per heavy atom. The van der Waals surface area contributed by atoms with E-state index in [0.717, 1.165) is 44.5 Å². The van der Waals surface area contributed by atoms with Gasteiger partial charge in [-0.05, 0) is 6.07 Å². The number of hydrogen-bond acceptors (Lipinski definition) is 6. The lowest BCUT2D eigenvalue weighted by atomic mass is 10.1. The number of ketones is 1. The van der Waals surface area contributed by atoms with E-state index in [0.29, 0.717) is 12.1 Å². The zero-order valence-corrected chi connectivity index (χ0v) is 13.0. The SMILES string of the molecule is Cl.O=C(C[N+]12CN3CN(CN(C3)C1)C2)c1ccc([O-])c(O)c1. The number of aromatic hydroxyl groups is 1. The summed E-state index contributed by atoms with van der Waals surface area (Å²) in [6.45, 7) is 6.03. The van der Waals surface area contributed by atoms with Crippen LogP contribution in [0.15, 0.2) is 18.2 Å². The molecule has 8 heteroatoms. The Morgan fingerprint density at radius 1 is 1.14 bits per heavy atom. The van der Waals surface area contributed by atoms with Gasteiger partial charge in [0.1, 0.15) is 32.3 Å². The molecule has 7 nitrogen and oxygen atoms in total. The summed E-state index contributed by atoms with van der Waals surface area (Å²) in [4.78, 5) is 19.6. The Bertz CT molecular complexity index is 574. The highest BCUT2D eigenvalue weighted by Crippen LogP contribution is 2.29. The molecule has 1 N–H and O–H groups in total. The Kier molecular flexibility index (Phi) is 3.78. The molecule has 4 bridgehead atoms. The number of halogens is 1. The molecule has 0 saturated carbocycles. The summed E-state index contributed by atoms with van der Waals surface area (Å²) in [7, 11) is 0. The predicted octanol–water partition coefficient (Wildman–Crippen LogP) is -0.421. The highest BCUT2D eigenvalue weighted by Gasteiger charge is 2.49. The van der Waals surface area contributed by atoms with Crippen LogP contribution in [0.3, 0.4) is 0 Å². The van der Waals surface area contributed by atoms with E-state index in [9.17, 15) is 15.0 Å². The van der Waals surface area contributed by atoms with E-state index in [1.165, 1.54) is 18.2 Å². The van der Waals surface area contributed by atoms with Crippen LogP contribution in [0.1, 0.15) is 10.4 Å². The molecule has 0 spiro atoms. The third-order valence-corrected chi connectivity index (χ3v) is 4.46. The first kappa shape index (κ1) is 15.5. The molecule has 4 heterocycles. The van der Waals surface area contributed by atoms with Gasteiger partial charge in [0, 0.05) is 5.56 Å². The van der Waals surface area contributed by atoms with Crippen LogP contribution in [0.25, 0.3) is 0 Å². The van der Waals surface area contributed by atoms with Crippen molar-refractivity contribution in [2.24, 2.45) is 0 Å². The number of quaternary nitrogens is 1.